The predicted molar refractivity (Wildman–Crippen MR) is 97.9 cm³/mol. The van der Waals surface area contributed by atoms with Crippen LogP contribution in [0, 0.1) is 6.92 Å². The Balaban J connectivity index is 2.01. The van der Waals surface area contributed by atoms with E-state index in [9.17, 15) is 5.11 Å². The first-order valence-corrected chi connectivity index (χ1v) is 8.65. The number of anilines is 1. The van der Waals surface area contributed by atoms with Gasteiger partial charge in [-0.3, -0.25) is 5.01 Å². The molecule has 0 unspecified atom stereocenters. The van der Waals surface area contributed by atoms with E-state index in [2.05, 4.69) is 17.1 Å². The van der Waals surface area contributed by atoms with E-state index in [1.807, 2.05) is 23.2 Å². The number of ether oxygens (including phenoxy) is 1. The molecule has 1 heterocycles. The SMILES string of the molecule is Cc1c(Cl)cc(N(Cc2ccccc2)N2CCOCC2)c(O)c1Cl. The molecular weight excluding hydrogens is 347 g/mol. The molecule has 1 aliphatic heterocycles. The summed E-state index contributed by atoms with van der Waals surface area (Å²) < 4.78 is 5.45. The van der Waals surface area contributed by atoms with E-state index in [0.717, 1.165) is 18.7 Å². The van der Waals surface area contributed by atoms with Crippen molar-refractivity contribution in [2.24, 2.45) is 0 Å². The molecule has 3 rings (SSSR count). The molecule has 0 spiro atoms. The average Bonchev–Trinajstić information content (AvgIpc) is 2.63. The van der Waals surface area contributed by atoms with Gasteiger partial charge in [-0.05, 0) is 24.1 Å². The molecule has 2 aromatic carbocycles. The lowest BCUT2D eigenvalue weighted by molar-refractivity contribution is 0.0304. The van der Waals surface area contributed by atoms with Crippen LogP contribution in [-0.4, -0.2) is 36.4 Å². The van der Waals surface area contributed by atoms with Crippen LogP contribution in [-0.2, 0) is 11.3 Å². The highest BCUT2D eigenvalue weighted by Crippen LogP contribution is 2.41. The van der Waals surface area contributed by atoms with E-state index in [1.165, 1.54) is 0 Å². The summed E-state index contributed by atoms with van der Waals surface area (Å²) in [6.45, 7) is 5.21. The van der Waals surface area contributed by atoms with Crippen LogP contribution in [0.2, 0.25) is 10.0 Å². The van der Waals surface area contributed by atoms with Crippen molar-refractivity contribution in [2.45, 2.75) is 13.5 Å². The number of phenolic OH excluding ortho intramolecular Hbond substituents is 1. The molecular formula is C18H20Cl2N2O2. The third-order valence-corrected chi connectivity index (χ3v) is 5.04. The number of aromatic hydroxyl groups is 1. The lowest BCUT2D eigenvalue weighted by Crippen LogP contribution is -2.48. The maximum Gasteiger partial charge on any atom is 0.159 e. The van der Waals surface area contributed by atoms with Crippen molar-refractivity contribution in [3.8, 4) is 5.75 Å². The van der Waals surface area contributed by atoms with Gasteiger partial charge in [0.1, 0.15) is 0 Å². The molecule has 1 saturated heterocycles. The summed E-state index contributed by atoms with van der Waals surface area (Å²) in [6.07, 6.45) is 0. The summed E-state index contributed by atoms with van der Waals surface area (Å²) in [6, 6.07) is 11.9. The normalized spacial score (nSPS) is 15.5. The molecule has 6 heteroatoms. The molecule has 1 aliphatic rings. The minimum atomic E-state index is 0.0565. The lowest BCUT2D eigenvalue weighted by atomic mass is 10.1. The van der Waals surface area contributed by atoms with Crippen molar-refractivity contribution in [3.05, 3.63) is 57.6 Å². The van der Waals surface area contributed by atoms with Crippen molar-refractivity contribution in [1.29, 1.82) is 0 Å². The summed E-state index contributed by atoms with van der Waals surface area (Å²) in [7, 11) is 0. The van der Waals surface area contributed by atoms with Gasteiger partial charge in [-0.1, -0.05) is 53.5 Å². The van der Waals surface area contributed by atoms with Gasteiger partial charge in [0.25, 0.3) is 0 Å². The average molecular weight is 367 g/mol. The van der Waals surface area contributed by atoms with Gasteiger partial charge in [0.15, 0.2) is 5.75 Å². The van der Waals surface area contributed by atoms with Crippen molar-refractivity contribution in [1.82, 2.24) is 5.01 Å². The molecule has 0 amide bonds. The number of morpholine rings is 1. The Morgan fingerprint density at radius 1 is 1.17 bits per heavy atom. The van der Waals surface area contributed by atoms with Crippen LogP contribution >= 0.6 is 23.2 Å². The topological polar surface area (TPSA) is 35.9 Å². The molecule has 0 bridgehead atoms. The van der Waals surface area contributed by atoms with E-state index >= 15 is 0 Å². The van der Waals surface area contributed by atoms with Crippen LogP contribution in [0.1, 0.15) is 11.1 Å². The van der Waals surface area contributed by atoms with Gasteiger partial charge < -0.3 is 9.84 Å². The van der Waals surface area contributed by atoms with Crippen LogP contribution in [0.3, 0.4) is 0 Å². The fourth-order valence-electron chi connectivity index (χ4n) is 2.78. The fourth-order valence-corrected chi connectivity index (χ4v) is 3.22. The zero-order valence-corrected chi connectivity index (χ0v) is 15.0. The zero-order chi connectivity index (χ0) is 17.1. The maximum atomic E-state index is 10.6. The highest BCUT2D eigenvalue weighted by atomic mass is 35.5. The molecule has 128 valence electrons. The predicted octanol–water partition coefficient (Wildman–Crippen LogP) is 4.26. The van der Waals surface area contributed by atoms with E-state index in [0.29, 0.717) is 41.1 Å². The van der Waals surface area contributed by atoms with Gasteiger partial charge in [0.05, 0.1) is 30.5 Å². The second kappa shape index (κ2) is 7.62. The van der Waals surface area contributed by atoms with Gasteiger partial charge in [-0.15, -0.1) is 0 Å². The number of hydrazine groups is 1. The van der Waals surface area contributed by atoms with Crippen molar-refractivity contribution < 1.29 is 9.84 Å². The summed E-state index contributed by atoms with van der Waals surface area (Å²) in [4.78, 5) is 0. The van der Waals surface area contributed by atoms with Crippen LogP contribution in [0.5, 0.6) is 5.75 Å². The molecule has 1 fully saturated rings. The molecule has 24 heavy (non-hydrogen) atoms. The maximum absolute atomic E-state index is 10.6. The lowest BCUT2D eigenvalue weighted by Gasteiger charge is -2.39. The van der Waals surface area contributed by atoms with Crippen LogP contribution < -0.4 is 5.01 Å². The highest BCUT2D eigenvalue weighted by Gasteiger charge is 2.24. The molecule has 0 aliphatic carbocycles. The summed E-state index contributed by atoms with van der Waals surface area (Å²) in [5, 5.41) is 15.6. The van der Waals surface area contributed by atoms with Crippen molar-refractivity contribution >= 4 is 28.9 Å². The number of rotatable bonds is 4. The third-order valence-electron chi connectivity index (χ3n) is 4.18. The molecule has 0 aromatic heterocycles. The molecule has 1 N–H and O–H groups in total. The highest BCUT2D eigenvalue weighted by molar-refractivity contribution is 6.37. The number of phenols is 1. The molecule has 4 nitrogen and oxygen atoms in total. The number of hydrogen-bond acceptors (Lipinski definition) is 4. The Hall–Kier alpha value is -1.46. The molecule has 0 saturated carbocycles. The summed E-state index contributed by atoms with van der Waals surface area (Å²) in [5.74, 6) is 0.0565. The molecule has 2 aromatic rings. The first-order chi connectivity index (χ1) is 11.6. The van der Waals surface area contributed by atoms with Crippen LogP contribution in [0.4, 0.5) is 5.69 Å². The van der Waals surface area contributed by atoms with Crippen LogP contribution in [0.25, 0.3) is 0 Å². The van der Waals surface area contributed by atoms with Gasteiger partial charge in [0, 0.05) is 18.1 Å². The fraction of sp³-hybridized carbons (Fsp3) is 0.333. The van der Waals surface area contributed by atoms with Gasteiger partial charge in [-0.25, -0.2) is 5.01 Å². The van der Waals surface area contributed by atoms with Gasteiger partial charge >= 0.3 is 0 Å². The molecule has 0 atom stereocenters. The minimum Gasteiger partial charge on any atom is -0.504 e. The second-order valence-electron chi connectivity index (χ2n) is 5.77. The minimum absolute atomic E-state index is 0.0565. The van der Waals surface area contributed by atoms with Crippen molar-refractivity contribution in [2.75, 3.05) is 31.3 Å². The Bertz CT molecular complexity index is 704. The summed E-state index contributed by atoms with van der Waals surface area (Å²) >= 11 is 12.6. The van der Waals surface area contributed by atoms with E-state index in [-0.39, 0.29) is 5.75 Å². The Morgan fingerprint density at radius 3 is 2.50 bits per heavy atom. The number of nitrogens with zero attached hydrogens (tertiary/aromatic N) is 2. The largest absolute Gasteiger partial charge is 0.504 e. The number of hydrogen-bond donors (Lipinski definition) is 1. The van der Waals surface area contributed by atoms with Crippen molar-refractivity contribution in [3.63, 3.8) is 0 Å². The van der Waals surface area contributed by atoms with E-state index in [4.69, 9.17) is 27.9 Å². The Morgan fingerprint density at radius 2 is 1.83 bits per heavy atom. The third kappa shape index (κ3) is 3.62. The first-order valence-electron chi connectivity index (χ1n) is 7.89. The second-order valence-corrected chi connectivity index (χ2v) is 6.56. The van der Waals surface area contributed by atoms with Crippen LogP contribution in [0.15, 0.2) is 36.4 Å². The number of benzene rings is 2. The standard InChI is InChI=1S/C18H20Cl2N2O2/c1-13-15(19)11-16(18(23)17(13)20)22(21-7-9-24-10-8-21)12-14-5-3-2-4-6-14/h2-6,11,23H,7-10,12H2,1H3. The van der Waals surface area contributed by atoms with Gasteiger partial charge in [-0.2, -0.15) is 0 Å². The number of halogens is 2. The van der Waals surface area contributed by atoms with Gasteiger partial charge in [0.2, 0.25) is 0 Å². The quantitative estimate of drug-likeness (QED) is 0.876. The Labute approximate surface area is 152 Å². The zero-order valence-electron chi connectivity index (χ0n) is 13.5. The first kappa shape index (κ1) is 17.4. The summed E-state index contributed by atoms with van der Waals surface area (Å²) in [5.41, 5.74) is 2.43. The molecule has 0 radical (unpaired) electrons. The van der Waals surface area contributed by atoms with E-state index < -0.39 is 0 Å². The monoisotopic (exact) mass is 366 g/mol. The van der Waals surface area contributed by atoms with E-state index in [1.54, 1.807) is 13.0 Å². The Kier molecular flexibility index (Phi) is 5.51. The smallest absolute Gasteiger partial charge is 0.159 e.